The maximum Gasteiger partial charge on any atom is 0.408 e. The molecule has 0 unspecified atom stereocenters. The molecule has 0 heterocycles. The van der Waals surface area contributed by atoms with Crippen LogP contribution < -0.4 is 21.0 Å². The molecule has 3 atom stereocenters. The lowest BCUT2D eigenvalue weighted by Crippen LogP contribution is -2.66. The van der Waals surface area contributed by atoms with Crippen molar-refractivity contribution in [2.45, 2.75) is 125 Å². The molecule has 0 saturated heterocycles. The molecule has 2 aromatic carbocycles. The molecule has 0 spiro atoms. The Balaban J connectivity index is 2.54. The van der Waals surface area contributed by atoms with E-state index in [1.807, 2.05) is 70.2 Å². The van der Waals surface area contributed by atoms with E-state index in [1.54, 1.807) is 41.5 Å². The number of esters is 1. The third-order valence-electron chi connectivity index (χ3n) is 8.00. The van der Waals surface area contributed by atoms with E-state index in [2.05, 4.69) is 55.7 Å². The van der Waals surface area contributed by atoms with Crippen molar-refractivity contribution in [3.63, 3.8) is 0 Å². The molecule has 0 saturated carbocycles. The van der Waals surface area contributed by atoms with Crippen molar-refractivity contribution in [2.75, 3.05) is 6.61 Å². The molecule has 0 aliphatic heterocycles. The number of hydrogen-bond acceptors (Lipinski definition) is 6. The monoisotopic (exact) mass is 680 g/mol. The Kier molecular flexibility index (Phi) is 14.3. The van der Waals surface area contributed by atoms with E-state index >= 15 is 0 Å². The minimum atomic E-state index is -2.90. The summed E-state index contributed by atoms with van der Waals surface area (Å²) in [6, 6.07) is 18.7. The second-order valence-electron chi connectivity index (χ2n) is 16.0. The quantitative estimate of drug-likeness (QED) is 0.135. The second-order valence-corrected chi connectivity index (χ2v) is 20.3. The van der Waals surface area contributed by atoms with E-state index in [9.17, 15) is 14.4 Å². The standard InChI is InChI=1S/C39H60N2O6Si/c1-14-29(26-45-48(39(11,12)13,30-21-17-15-18-22-30)31-23-19-16-20-24-31)28(4)33(41-36(44)47-38(8,9)10)34(42)40-32(25-27(2)3)35(43)46-37(5,6)7/h14-24,27-28,32-33H,25-26H2,1-13H3,(H,40,42)(H,41,44)/b29-14+/t28-,32-,33-/m0/s1. The zero-order chi connectivity index (χ0) is 36.5. The van der Waals surface area contributed by atoms with Crippen LogP contribution in [0.2, 0.25) is 5.04 Å². The van der Waals surface area contributed by atoms with E-state index in [4.69, 9.17) is 13.9 Å². The number of amides is 2. The lowest BCUT2D eigenvalue weighted by molar-refractivity contribution is -0.159. The summed E-state index contributed by atoms with van der Waals surface area (Å²) in [4.78, 5) is 40.5. The molecule has 2 aromatic rings. The first-order valence-corrected chi connectivity index (χ1v) is 18.9. The van der Waals surface area contributed by atoms with Crippen LogP contribution in [0.25, 0.3) is 0 Å². The molecule has 9 heteroatoms. The van der Waals surface area contributed by atoms with Crippen molar-refractivity contribution >= 4 is 36.7 Å². The molecule has 48 heavy (non-hydrogen) atoms. The molecule has 2 rings (SSSR count). The summed E-state index contributed by atoms with van der Waals surface area (Å²) in [5, 5.41) is 7.75. The lowest BCUT2D eigenvalue weighted by Gasteiger charge is -2.43. The maximum absolute atomic E-state index is 14.1. The van der Waals surface area contributed by atoms with Gasteiger partial charge in [-0.05, 0) is 81.8 Å². The van der Waals surface area contributed by atoms with E-state index < -0.39 is 55.5 Å². The number of carbonyl (C=O) groups excluding carboxylic acids is 3. The van der Waals surface area contributed by atoms with Gasteiger partial charge in [0.1, 0.15) is 23.3 Å². The number of ether oxygens (including phenoxy) is 2. The third-order valence-corrected chi connectivity index (χ3v) is 13.0. The molecule has 0 radical (unpaired) electrons. The van der Waals surface area contributed by atoms with Gasteiger partial charge in [0, 0.05) is 5.92 Å². The van der Waals surface area contributed by atoms with Gasteiger partial charge < -0.3 is 24.5 Å². The van der Waals surface area contributed by atoms with Gasteiger partial charge in [-0.3, -0.25) is 4.79 Å². The molecule has 0 aliphatic rings. The van der Waals surface area contributed by atoms with Crippen LogP contribution in [0.1, 0.15) is 96.4 Å². The van der Waals surface area contributed by atoms with Crippen molar-refractivity contribution < 1.29 is 28.3 Å². The van der Waals surface area contributed by atoms with Gasteiger partial charge >= 0.3 is 12.1 Å². The van der Waals surface area contributed by atoms with Crippen LogP contribution in [-0.4, -0.2) is 56.2 Å². The van der Waals surface area contributed by atoms with E-state index in [0.29, 0.717) is 6.42 Å². The topological polar surface area (TPSA) is 103 Å². The Morgan fingerprint density at radius 2 is 1.23 bits per heavy atom. The van der Waals surface area contributed by atoms with Gasteiger partial charge in [-0.1, -0.05) is 108 Å². The Labute approximate surface area is 290 Å². The highest BCUT2D eigenvalue weighted by Crippen LogP contribution is 2.37. The fraction of sp³-hybridized carbons (Fsp3) is 0.564. The first-order valence-electron chi connectivity index (χ1n) is 17.0. The normalized spacial score (nSPS) is 14.9. The number of hydrogen-bond donors (Lipinski definition) is 2. The fourth-order valence-corrected chi connectivity index (χ4v) is 10.4. The maximum atomic E-state index is 14.1. The van der Waals surface area contributed by atoms with Crippen LogP contribution in [0.4, 0.5) is 4.79 Å². The molecular formula is C39H60N2O6Si. The van der Waals surface area contributed by atoms with Gasteiger partial charge in [-0.15, -0.1) is 0 Å². The number of allylic oxidation sites excluding steroid dienone is 1. The van der Waals surface area contributed by atoms with Crippen LogP contribution in [0.5, 0.6) is 0 Å². The second kappa shape index (κ2) is 16.8. The number of nitrogens with one attached hydrogen (secondary N) is 2. The summed E-state index contributed by atoms with van der Waals surface area (Å²) < 4.78 is 18.4. The predicted molar refractivity (Wildman–Crippen MR) is 197 cm³/mol. The Morgan fingerprint density at radius 1 is 0.750 bits per heavy atom. The van der Waals surface area contributed by atoms with Crippen molar-refractivity contribution in [2.24, 2.45) is 11.8 Å². The summed E-state index contributed by atoms with van der Waals surface area (Å²) in [6.45, 7) is 25.3. The average molecular weight is 681 g/mol. The summed E-state index contributed by atoms with van der Waals surface area (Å²) in [7, 11) is -2.90. The first kappa shape index (κ1) is 40.7. The molecule has 0 aliphatic carbocycles. The molecule has 2 N–H and O–H groups in total. The highest BCUT2D eigenvalue weighted by Gasteiger charge is 2.50. The first-order chi connectivity index (χ1) is 22.1. The molecule has 0 aromatic heterocycles. The summed E-state index contributed by atoms with van der Waals surface area (Å²) >= 11 is 0. The van der Waals surface area contributed by atoms with Gasteiger partial charge in [0.05, 0.1) is 6.61 Å². The van der Waals surface area contributed by atoms with Crippen molar-refractivity contribution in [1.82, 2.24) is 10.6 Å². The summed E-state index contributed by atoms with van der Waals surface area (Å²) in [5.41, 5.74) is -0.674. The van der Waals surface area contributed by atoms with Crippen molar-refractivity contribution in [3.8, 4) is 0 Å². The number of benzene rings is 2. The molecule has 8 nitrogen and oxygen atoms in total. The van der Waals surface area contributed by atoms with Gasteiger partial charge in [0.25, 0.3) is 8.32 Å². The van der Waals surface area contributed by atoms with Crippen molar-refractivity contribution in [3.05, 3.63) is 72.3 Å². The SMILES string of the molecule is C/C=C(\CO[Si](c1ccccc1)(c1ccccc1)C(C)(C)C)[C@H](C)[C@H](NC(=O)OC(C)(C)C)C(=O)N[C@@H](CC(C)C)C(=O)OC(C)(C)C. The Morgan fingerprint density at radius 3 is 1.62 bits per heavy atom. The van der Waals surface area contributed by atoms with Crippen LogP contribution in [0, 0.1) is 11.8 Å². The third kappa shape index (κ3) is 11.6. The molecule has 2 amide bonds. The Hall–Kier alpha value is -3.43. The van der Waals surface area contributed by atoms with Gasteiger partial charge in [0.15, 0.2) is 0 Å². The molecule has 266 valence electrons. The van der Waals surface area contributed by atoms with Crippen molar-refractivity contribution in [1.29, 1.82) is 0 Å². The number of rotatable bonds is 13. The van der Waals surface area contributed by atoms with Crippen LogP contribution in [-0.2, 0) is 23.5 Å². The molecule has 0 bridgehead atoms. The smallest absolute Gasteiger partial charge is 0.408 e. The van der Waals surface area contributed by atoms with Crippen LogP contribution in [0.15, 0.2) is 72.3 Å². The van der Waals surface area contributed by atoms with E-state index in [1.165, 1.54) is 0 Å². The van der Waals surface area contributed by atoms with Crippen LogP contribution in [0.3, 0.4) is 0 Å². The summed E-state index contributed by atoms with van der Waals surface area (Å²) in [6.07, 6.45) is 1.59. The zero-order valence-corrected chi connectivity index (χ0v) is 32.5. The number of carbonyl (C=O) groups is 3. The Bertz CT molecular complexity index is 1330. The lowest BCUT2D eigenvalue weighted by atomic mass is 9.92. The van der Waals surface area contributed by atoms with E-state index in [0.717, 1.165) is 15.9 Å². The van der Waals surface area contributed by atoms with Gasteiger partial charge in [-0.2, -0.15) is 0 Å². The van der Waals surface area contributed by atoms with Gasteiger partial charge in [0.2, 0.25) is 5.91 Å². The predicted octanol–water partition coefficient (Wildman–Crippen LogP) is 6.91. The summed E-state index contributed by atoms with van der Waals surface area (Å²) in [5.74, 6) is -1.44. The van der Waals surface area contributed by atoms with Gasteiger partial charge in [-0.25, -0.2) is 9.59 Å². The molecule has 0 fully saturated rings. The molecular weight excluding hydrogens is 621 g/mol. The largest absolute Gasteiger partial charge is 0.458 e. The minimum Gasteiger partial charge on any atom is -0.458 e. The number of alkyl carbamates (subject to hydrolysis) is 1. The van der Waals surface area contributed by atoms with E-state index in [-0.39, 0.29) is 17.6 Å². The zero-order valence-electron chi connectivity index (χ0n) is 31.5. The minimum absolute atomic E-state index is 0.100. The average Bonchev–Trinajstić information content (AvgIpc) is 2.96. The highest BCUT2D eigenvalue weighted by atomic mass is 28.4. The fourth-order valence-electron chi connectivity index (χ4n) is 5.82. The van der Waals surface area contributed by atoms with Crippen LogP contribution >= 0.6 is 0 Å². The highest BCUT2D eigenvalue weighted by molar-refractivity contribution is 6.99.